The molecule has 2 heterocycles. The van der Waals surface area contributed by atoms with Crippen LogP contribution in [-0.2, 0) is 24.8 Å². The van der Waals surface area contributed by atoms with Crippen molar-refractivity contribution >= 4 is 35.0 Å². The number of hydrogen-bond acceptors (Lipinski definition) is 5. The third-order valence-corrected chi connectivity index (χ3v) is 4.65. The van der Waals surface area contributed by atoms with Crippen LogP contribution in [0.25, 0.3) is 0 Å². The predicted octanol–water partition coefficient (Wildman–Crippen LogP) is 3.20. The largest absolute Gasteiger partial charge is 0.444 e. The molecule has 8 nitrogen and oxygen atoms in total. The molecule has 3 N–H and O–H groups in total. The number of carbonyl (C=O) groups excluding carboxylic acids is 2. The van der Waals surface area contributed by atoms with Gasteiger partial charge in [-0.1, -0.05) is 11.6 Å². The summed E-state index contributed by atoms with van der Waals surface area (Å²) < 4.78 is 6.99. The molecule has 0 aliphatic carbocycles. The Bertz CT molecular complexity index is 932. The summed E-state index contributed by atoms with van der Waals surface area (Å²) >= 11 is 6.02. The Kier molecular flexibility index (Phi) is 5.25. The molecule has 1 aliphatic rings. The van der Waals surface area contributed by atoms with Gasteiger partial charge in [0.25, 0.3) is 5.91 Å². The van der Waals surface area contributed by atoms with Crippen molar-refractivity contribution in [3.63, 3.8) is 0 Å². The first-order valence-electron chi connectivity index (χ1n) is 8.94. The molecule has 0 bridgehead atoms. The van der Waals surface area contributed by atoms with Gasteiger partial charge in [0.05, 0.1) is 22.9 Å². The van der Waals surface area contributed by atoms with Gasteiger partial charge in [-0.15, -0.1) is 0 Å². The normalized spacial score (nSPS) is 13.8. The summed E-state index contributed by atoms with van der Waals surface area (Å²) in [7, 11) is 1.71. The number of aryl methyl sites for hydroxylation is 1. The lowest BCUT2D eigenvalue weighted by Gasteiger charge is -2.29. The lowest BCUT2D eigenvalue weighted by atomic mass is 10.1. The van der Waals surface area contributed by atoms with E-state index in [1.807, 2.05) is 20.8 Å². The minimum Gasteiger partial charge on any atom is -0.444 e. The third kappa shape index (κ3) is 4.22. The Labute approximate surface area is 168 Å². The van der Waals surface area contributed by atoms with Crippen molar-refractivity contribution in [2.45, 2.75) is 39.3 Å². The highest BCUT2D eigenvalue weighted by Gasteiger charge is 2.31. The second-order valence-corrected chi connectivity index (χ2v) is 8.15. The highest BCUT2D eigenvalue weighted by molar-refractivity contribution is 6.33. The fraction of sp³-hybridized carbons (Fsp3) is 0.421. The number of nitrogens with zero attached hydrogens (tertiary/aromatic N) is 3. The Hall–Kier alpha value is -2.74. The standard InChI is InChI=1S/C19H24ClN5O3/c1-19(2,3)28-18(27)25-8-7-15-12(10-25)16(24(4)23-15)17(26)22-11-5-6-14(21)13(20)9-11/h5-6,9H,7-8,10,21H2,1-4H3,(H,22,26). The van der Waals surface area contributed by atoms with Crippen LogP contribution in [-0.4, -0.2) is 38.8 Å². The van der Waals surface area contributed by atoms with Gasteiger partial charge < -0.3 is 20.7 Å². The van der Waals surface area contributed by atoms with Crippen molar-refractivity contribution in [1.29, 1.82) is 0 Å². The summed E-state index contributed by atoms with van der Waals surface area (Å²) in [6.45, 7) is 6.22. The van der Waals surface area contributed by atoms with Crippen LogP contribution in [0.2, 0.25) is 5.02 Å². The number of carbonyl (C=O) groups is 2. The maximum atomic E-state index is 12.9. The maximum Gasteiger partial charge on any atom is 0.410 e. The molecule has 2 amide bonds. The highest BCUT2D eigenvalue weighted by atomic mass is 35.5. The zero-order chi connectivity index (χ0) is 20.6. The first-order chi connectivity index (χ1) is 13.0. The lowest BCUT2D eigenvalue weighted by Crippen LogP contribution is -2.40. The van der Waals surface area contributed by atoms with E-state index in [4.69, 9.17) is 22.1 Å². The molecular formula is C19H24ClN5O3. The molecule has 0 unspecified atom stereocenters. The van der Waals surface area contributed by atoms with Crippen molar-refractivity contribution in [2.24, 2.45) is 7.05 Å². The van der Waals surface area contributed by atoms with E-state index in [0.29, 0.717) is 35.1 Å². The van der Waals surface area contributed by atoms with Crippen molar-refractivity contribution in [2.75, 3.05) is 17.6 Å². The number of nitrogens with two attached hydrogens (primary N) is 1. The van der Waals surface area contributed by atoms with E-state index in [-0.39, 0.29) is 12.5 Å². The van der Waals surface area contributed by atoms with E-state index in [2.05, 4.69) is 10.4 Å². The van der Waals surface area contributed by atoms with Crippen LogP contribution in [0.1, 0.15) is 42.5 Å². The zero-order valence-corrected chi connectivity index (χ0v) is 17.1. The van der Waals surface area contributed by atoms with Gasteiger partial charge in [0.1, 0.15) is 11.3 Å². The summed E-state index contributed by atoms with van der Waals surface area (Å²) in [5.41, 5.74) is 8.02. The van der Waals surface area contributed by atoms with Crippen molar-refractivity contribution < 1.29 is 14.3 Å². The lowest BCUT2D eigenvalue weighted by molar-refractivity contribution is 0.0222. The van der Waals surface area contributed by atoms with E-state index in [1.165, 1.54) is 4.68 Å². The molecule has 2 aromatic rings. The Morgan fingerprint density at radius 3 is 2.68 bits per heavy atom. The van der Waals surface area contributed by atoms with Crippen molar-refractivity contribution in [1.82, 2.24) is 14.7 Å². The van der Waals surface area contributed by atoms with E-state index in [0.717, 1.165) is 11.3 Å². The molecule has 0 saturated carbocycles. The fourth-order valence-corrected chi connectivity index (χ4v) is 3.24. The quantitative estimate of drug-likeness (QED) is 0.747. The number of amides is 2. The first kappa shape index (κ1) is 20.0. The Balaban J connectivity index is 1.82. The van der Waals surface area contributed by atoms with Gasteiger partial charge in [-0.2, -0.15) is 5.10 Å². The molecular weight excluding hydrogens is 382 g/mol. The molecule has 0 fully saturated rings. The number of halogens is 1. The van der Waals surface area contributed by atoms with Gasteiger partial charge in [0.2, 0.25) is 0 Å². The molecule has 150 valence electrons. The topological polar surface area (TPSA) is 102 Å². The number of benzene rings is 1. The van der Waals surface area contributed by atoms with Crippen LogP contribution in [0, 0.1) is 0 Å². The number of rotatable bonds is 2. The second-order valence-electron chi connectivity index (χ2n) is 7.74. The summed E-state index contributed by atoms with van der Waals surface area (Å²) in [6, 6.07) is 4.89. The van der Waals surface area contributed by atoms with Crippen LogP contribution >= 0.6 is 11.6 Å². The molecule has 28 heavy (non-hydrogen) atoms. The van der Waals surface area contributed by atoms with Gasteiger partial charge in [-0.05, 0) is 39.0 Å². The van der Waals surface area contributed by atoms with Gasteiger partial charge in [0, 0.05) is 31.3 Å². The minimum absolute atomic E-state index is 0.267. The molecule has 0 atom stereocenters. The maximum absolute atomic E-state index is 12.9. The minimum atomic E-state index is -0.582. The van der Waals surface area contributed by atoms with Crippen LogP contribution in [0.4, 0.5) is 16.2 Å². The van der Waals surface area contributed by atoms with Gasteiger partial charge in [-0.25, -0.2) is 4.79 Å². The summed E-state index contributed by atoms with van der Waals surface area (Å²) in [6.07, 6.45) is 0.155. The van der Waals surface area contributed by atoms with E-state index in [1.54, 1.807) is 30.1 Å². The smallest absolute Gasteiger partial charge is 0.410 e. The number of fused-ring (bicyclic) bond motifs is 1. The summed E-state index contributed by atoms with van der Waals surface area (Å²) in [4.78, 5) is 26.9. The number of nitrogen functional groups attached to an aromatic ring is 1. The zero-order valence-electron chi connectivity index (χ0n) is 16.4. The molecule has 1 aromatic heterocycles. The third-order valence-electron chi connectivity index (χ3n) is 4.32. The van der Waals surface area contributed by atoms with Gasteiger partial charge in [0.15, 0.2) is 0 Å². The number of aromatic nitrogens is 2. The van der Waals surface area contributed by atoms with E-state index >= 15 is 0 Å². The molecule has 3 rings (SSSR count). The fourth-order valence-electron chi connectivity index (χ4n) is 3.06. The number of ether oxygens (including phenoxy) is 1. The molecule has 1 aliphatic heterocycles. The molecule has 0 spiro atoms. The van der Waals surface area contributed by atoms with Crippen molar-refractivity contribution in [3.8, 4) is 0 Å². The summed E-state index contributed by atoms with van der Waals surface area (Å²) in [5, 5.41) is 7.62. The predicted molar refractivity (Wildman–Crippen MR) is 107 cm³/mol. The average Bonchev–Trinajstić information content (AvgIpc) is 2.91. The van der Waals surface area contributed by atoms with Gasteiger partial charge in [-0.3, -0.25) is 9.48 Å². The number of anilines is 2. The number of nitrogens with one attached hydrogen (secondary N) is 1. The van der Waals surface area contributed by atoms with Crippen molar-refractivity contribution in [3.05, 3.63) is 40.2 Å². The van der Waals surface area contributed by atoms with E-state index < -0.39 is 11.7 Å². The van der Waals surface area contributed by atoms with Crippen LogP contribution in [0.15, 0.2) is 18.2 Å². The second kappa shape index (κ2) is 7.35. The molecule has 1 aromatic carbocycles. The van der Waals surface area contributed by atoms with E-state index in [9.17, 15) is 9.59 Å². The average molecular weight is 406 g/mol. The monoisotopic (exact) mass is 405 g/mol. The first-order valence-corrected chi connectivity index (χ1v) is 9.32. The van der Waals surface area contributed by atoms with Gasteiger partial charge >= 0.3 is 6.09 Å². The summed E-state index contributed by atoms with van der Waals surface area (Å²) in [5.74, 6) is -0.330. The molecule has 9 heteroatoms. The Morgan fingerprint density at radius 2 is 2.04 bits per heavy atom. The number of hydrogen-bond donors (Lipinski definition) is 2. The highest BCUT2D eigenvalue weighted by Crippen LogP contribution is 2.26. The van der Waals surface area contributed by atoms with Crippen LogP contribution in [0.5, 0.6) is 0 Å². The molecule has 0 saturated heterocycles. The molecule has 0 radical (unpaired) electrons. The van der Waals surface area contributed by atoms with Crippen LogP contribution < -0.4 is 11.1 Å². The SMILES string of the molecule is Cn1nc2c(c1C(=O)Nc1ccc(N)c(Cl)c1)CN(C(=O)OC(C)(C)C)CC2. The van der Waals surface area contributed by atoms with Crippen LogP contribution in [0.3, 0.4) is 0 Å². The Morgan fingerprint density at radius 1 is 1.32 bits per heavy atom.